The monoisotopic (exact) mass is 652 g/mol. The number of aromatic amines is 2. The van der Waals surface area contributed by atoms with Crippen molar-refractivity contribution in [3.8, 4) is 22.4 Å². The number of aromatic nitrogens is 4. The van der Waals surface area contributed by atoms with Crippen LogP contribution >= 0.6 is 0 Å². The molecule has 2 amide bonds. The minimum absolute atomic E-state index is 0.379. The van der Waals surface area contributed by atoms with Gasteiger partial charge in [0, 0.05) is 31.5 Å². The molecule has 10 heteroatoms. The molecule has 4 N–H and O–H groups in total. The lowest BCUT2D eigenvalue weighted by molar-refractivity contribution is 0.0515. The van der Waals surface area contributed by atoms with Crippen molar-refractivity contribution >= 4 is 34.0 Å². The van der Waals surface area contributed by atoms with E-state index in [-0.39, 0.29) is 12.2 Å². The van der Waals surface area contributed by atoms with Crippen LogP contribution in [0.25, 0.3) is 44.2 Å². The van der Waals surface area contributed by atoms with Crippen LogP contribution in [-0.2, 0) is 22.3 Å². The summed E-state index contributed by atoms with van der Waals surface area (Å²) in [5, 5.41) is 7.94. The van der Waals surface area contributed by atoms with Gasteiger partial charge in [0.1, 0.15) is 22.9 Å². The Hall–Kier alpha value is -4.86. The molecular formula is C38H48N6O4. The van der Waals surface area contributed by atoms with Crippen molar-refractivity contribution in [3.05, 3.63) is 72.4 Å². The van der Waals surface area contributed by atoms with E-state index in [1.807, 2.05) is 47.7 Å². The zero-order valence-electron chi connectivity index (χ0n) is 29.0. The van der Waals surface area contributed by atoms with Crippen LogP contribution in [0.5, 0.6) is 0 Å². The average Bonchev–Trinajstić information content (AvgIpc) is 3.65. The number of benzene rings is 3. The van der Waals surface area contributed by atoms with Crippen LogP contribution in [0.4, 0.5) is 9.59 Å². The van der Waals surface area contributed by atoms with Gasteiger partial charge in [-0.3, -0.25) is 0 Å². The van der Waals surface area contributed by atoms with E-state index >= 15 is 0 Å². The molecular weight excluding hydrogens is 604 g/mol. The Kier molecular flexibility index (Phi) is 10.7. The summed E-state index contributed by atoms with van der Waals surface area (Å²) >= 11 is 0. The number of carbonyl (C=O) groups is 2. The van der Waals surface area contributed by atoms with Crippen LogP contribution in [0.3, 0.4) is 0 Å². The lowest BCUT2D eigenvalue weighted by Crippen LogP contribution is -2.33. The number of unbranched alkanes of at least 4 members (excludes halogenated alkanes) is 2. The Morgan fingerprint density at radius 2 is 1.21 bits per heavy atom. The molecule has 0 fully saturated rings. The van der Waals surface area contributed by atoms with E-state index in [4.69, 9.17) is 14.5 Å². The van der Waals surface area contributed by atoms with E-state index < -0.39 is 11.2 Å². The average molecular weight is 653 g/mol. The molecule has 2 aromatic heterocycles. The lowest BCUT2D eigenvalue weighted by atomic mass is 9.99. The zero-order valence-corrected chi connectivity index (χ0v) is 29.0. The van der Waals surface area contributed by atoms with Gasteiger partial charge in [0.05, 0.1) is 22.9 Å². The van der Waals surface area contributed by atoms with Crippen LogP contribution in [0.15, 0.2) is 60.8 Å². The first-order valence-corrected chi connectivity index (χ1v) is 16.8. The fourth-order valence-corrected chi connectivity index (χ4v) is 5.43. The van der Waals surface area contributed by atoms with Gasteiger partial charge in [-0.2, -0.15) is 0 Å². The number of fused-ring (bicyclic) bond motifs is 2. The molecule has 0 atom stereocenters. The quantitative estimate of drug-likeness (QED) is 0.0999. The molecule has 0 aliphatic carbocycles. The summed E-state index contributed by atoms with van der Waals surface area (Å²) in [5.74, 6) is 1.88. The van der Waals surface area contributed by atoms with Crippen molar-refractivity contribution in [1.82, 2.24) is 30.6 Å². The number of hydrogen-bond acceptors (Lipinski definition) is 6. The van der Waals surface area contributed by atoms with Crippen LogP contribution in [0.2, 0.25) is 0 Å². The maximum atomic E-state index is 11.8. The number of imidazole rings is 2. The van der Waals surface area contributed by atoms with Gasteiger partial charge in [0.15, 0.2) is 0 Å². The summed E-state index contributed by atoms with van der Waals surface area (Å²) in [7, 11) is 0. The first-order valence-electron chi connectivity index (χ1n) is 16.8. The Bertz CT molecular complexity index is 1860. The number of rotatable bonds is 12. The third-order valence-corrected chi connectivity index (χ3v) is 7.66. The zero-order chi connectivity index (χ0) is 34.3. The lowest BCUT2D eigenvalue weighted by Gasteiger charge is -2.19. The van der Waals surface area contributed by atoms with Gasteiger partial charge in [0.2, 0.25) is 0 Å². The first kappa shape index (κ1) is 34.5. The number of carbonyl (C=O) groups excluding carboxylic acids is 2. The Morgan fingerprint density at radius 3 is 1.83 bits per heavy atom. The van der Waals surface area contributed by atoms with Crippen molar-refractivity contribution in [2.75, 3.05) is 13.1 Å². The van der Waals surface area contributed by atoms with Gasteiger partial charge >= 0.3 is 12.2 Å². The Morgan fingerprint density at radius 1 is 0.667 bits per heavy atom. The Balaban J connectivity index is 1.13. The van der Waals surface area contributed by atoms with E-state index in [0.29, 0.717) is 13.1 Å². The summed E-state index contributed by atoms with van der Waals surface area (Å²) in [5.41, 5.74) is 5.33. The second-order valence-electron chi connectivity index (χ2n) is 14.2. The number of hydrogen-bond donors (Lipinski definition) is 4. The standard InChI is InChI=1S/C38H48N6O4/c1-37(2,3)47-35(45)39-19-9-7-11-33-41-24-32(44-33)29-16-15-25-21-26(13-14-27(25)22-29)28-17-18-30-31(23-28)43-34(42-30)12-8-10-20-40-36(46)48-38(4,5)6/h13-18,21-24H,7-12,19-20H2,1-6H3,(H,39,45)(H,40,46)(H,41,44)(H,42,43). The Labute approximate surface area is 282 Å². The topological polar surface area (TPSA) is 134 Å². The first-order chi connectivity index (χ1) is 22.8. The molecule has 5 rings (SSSR count). The van der Waals surface area contributed by atoms with Gasteiger partial charge in [-0.05, 0) is 113 Å². The van der Waals surface area contributed by atoms with E-state index in [2.05, 4.69) is 80.2 Å². The highest BCUT2D eigenvalue weighted by Crippen LogP contribution is 2.29. The number of ether oxygens (including phenoxy) is 2. The summed E-state index contributed by atoms with van der Waals surface area (Å²) in [6, 6.07) is 19.4. The molecule has 0 aliphatic rings. The number of amides is 2. The minimum atomic E-state index is -0.493. The molecule has 0 saturated carbocycles. The van der Waals surface area contributed by atoms with Gasteiger partial charge in [0.25, 0.3) is 0 Å². The highest BCUT2D eigenvalue weighted by atomic mass is 16.6. The fourth-order valence-electron chi connectivity index (χ4n) is 5.43. The SMILES string of the molecule is CC(C)(C)OC(=O)NCCCCc1ncc(-c2ccc3cc(-c4ccc5nc(CCCCNC(=O)OC(C)(C)C)[nH]c5c4)ccc3c2)[nH]1. The van der Waals surface area contributed by atoms with Crippen molar-refractivity contribution in [1.29, 1.82) is 0 Å². The highest BCUT2D eigenvalue weighted by molar-refractivity contribution is 5.91. The number of aryl methyl sites for hydroxylation is 2. The number of nitrogens with one attached hydrogen (secondary N) is 4. The third-order valence-electron chi connectivity index (χ3n) is 7.66. The number of alkyl carbamates (subject to hydrolysis) is 2. The van der Waals surface area contributed by atoms with Crippen molar-refractivity contribution in [2.45, 2.75) is 91.3 Å². The second-order valence-corrected chi connectivity index (χ2v) is 14.2. The van der Waals surface area contributed by atoms with E-state index in [0.717, 1.165) is 89.0 Å². The number of H-pyrrole nitrogens is 2. The molecule has 0 radical (unpaired) electrons. The normalized spacial score (nSPS) is 12.0. The molecule has 5 aromatic rings. The third kappa shape index (κ3) is 10.1. The van der Waals surface area contributed by atoms with E-state index in [9.17, 15) is 9.59 Å². The molecule has 0 spiro atoms. The predicted octanol–water partition coefficient (Wildman–Crippen LogP) is 8.47. The second kappa shape index (κ2) is 14.9. The molecule has 2 heterocycles. The van der Waals surface area contributed by atoms with Gasteiger partial charge in [-0.1, -0.05) is 30.3 Å². The molecule has 0 aliphatic heterocycles. The van der Waals surface area contributed by atoms with E-state index in [1.165, 1.54) is 5.39 Å². The van der Waals surface area contributed by atoms with Gasteiger partial charge in [-0.15, -0.1) is 0 Å². The van der Waals surface area contributed by atoms with Crippen molar-refractivity contribution in [2.24, 2.45) is 0 Å². The predicted molar refractivity (Wildman–Crippen MR) is 191 cm³/mol. The largest absolute Gasteiger partial charge is 0.444 e. The summed E-state index contributed by atoms with van der Waals surface area (Å²) in [6.45, 7) is 12.3. The molecule has 3 aromatic carbocycles. The molecule has 0 unspecified atom stereocenters. The van der Waals surface area contributed by atoms with Crippen LogP contribution in [0, 0.1) is 0 Å². The van der Waals surface area contributed by atoms with Crippen molar-refractivity contribution < 1.29 is 19.1 Å². The number of nitrogens with zero attached hydrogens (tertiary/aromatic N) is 2. The molecule has 254 valence electrons. The summed E-state index contributed by atoms with van der Waals surface area (Å²) < 4.78 is 10.6. The summed E-state index contributed by atoms with van der Waals surface area (Å²) in [6.07, 6.45) is 6.25. The van der Waals surface area contributed by atoms with Crippen LogP contribution in [0.1, 0.15) is 78.9 Å². The summed E-state index contributed by atoms with van der Waals surface area (Å²) in [4.78, 5) is 39.9. The van der Waals surface area contributed by atoms with E-state index in [1.54, 1.807) is 0 Å². The minimum Gasteiger partial charge on any atom is -0.444 e. The maximum absolute atomic E-state index is 11.8. The highest BCUT2D eigenvalue weighted by Gasteiger charge is 2.16. The molecule has 48 heavy (non-hydrogen) atoms. The van der Waals surface area contributed by atoms with Gasteiger partial charge in [-0.25, -0.2) is 19.6 Å². The smallest absolute Gasteiger partial charge is 0.407 e. The maximum Gasteiger partial charge on any atom is 0.407 e. The van der Waals surface area contributed by atoms with Crippen molar-refractivity contribution in [3.63, 3.8) is 0 Å². The molecule has 10 nitrogen and oxygen atoms in total. The van der Waals surface area contributed by atoms with Gasteiger partial charge < -0.3 is 30.1 Å². The molecule has 0 saturated heterocycles. The molecule has 0 bridgehead atoms. The van der Waals surface area contributed by atoms with Crippen LogP contribution in [-0.4, -0.2) is 56.4 Å². The van der Waals surface area contributed by atoms with Crippen LogP contribution < -0.4 is 10.6 Å². The fraction of sp³-hybridized carbons (Fsp3) is 0.421.